The van der Waals surface area contributed by atoms with Crippen molar-refractivity contribution < 1.29 is 9.59 Å². The Kier molecular flexibility index (Phi) is 15.9. The van der Waals surface area contributed by atoms with Gasteiger partial charge in [0, 0.05) is 19.4 Å². The van der Waals surface area contributed by atoms with Crippen molar-refractivity contribution in [1.29, 1.82) is 0 Å². The maximum Gasteiger partial charge on any atom is 0.220 e. The molecule has 0 radical (unpaired) electrons. The molecule has 0 atom stereocenters. The fourth-order valence-corrected chi connectivity index (χ4v) is 2.71. The zero-order valence-corrected chi connectivity index (χ0v) is 16.3. The molecular formula is C21H39NO2. The minimum Gasteiger partial charge on any atom is -0.356 e. The van der Waals surface area contributed by atoms with E-state index in [2.05, 4.69) is 25.2 Å². The van der Waals surface area contributed by atoms with Crippen molar-refractivity contribution in [3.63, 3.8) is 0 Å². The number of unbranched alkanes of at least 4 members (excludes halogenated alkanes) is 8. The van der Waals surface area contributed by atoms with Crippen LogP contribution in [0.3, 0.4) is 0 Å². The van der Waals surface area contributed by atoms with Crippen LogP contribution in [0.5, 0.6) is 0 Å². The maximum atomic E-state index is 11.5. The van der Waals surface area contributed by atoms with E-state index in [9.17, 15) is 9.59 Å². The quantitative estimate of drug-likeness (QED) is 0.289. The monoisotopic (exact) mass is 337 g/mol. The number of amides is 1. The number of Topliss-reactive ketones (excluding diaryl/α,β-unsaturated/α-hetero) is 1. The maximum absolute atomic E-state index is 11.5. The van der Waals surface area contributed by atoms with Crippen molar-refractivity contribution in [2.75, 3.05) is 6.54 Å². The first-order valence-electron chi connectivity index (χ1n) is 9.98. The predicted molar refractivity (Wildman–Crippen MR) is 103 cm³/mol. The summed E-state index contributed by atoms with van der Waals surface area (Å²) in [5.41, 5.74) is 1.55. The van der Waals surface area contributed by atoms with E-state index in [1.807, 2.05) is 0 Å². The molecule has 0 aromatic rings. The van der Waals surface area contributed by atoms with Gasteiger partial charge in [-0.1, -0.05) is 57.1 Å². The lowest BCUT2D eigenvalue weighted by Gasteiger charge is -2.04. The summed E-state index contributed by atoms with van der Waals surface area (Å²) in [6.45, 7) is 6.55. The molecule has 0 aromatic carbocycles. The molecule has 0 aromatic heterocycles. The molecule has 1 N–H and O–H groups in total. The molecule has 0 heterocycles. The highest BCUT2D eigenvalue weighted by Crippen LogP contribution is 2.12. The van der Waals surface area contributed by atoms with E-state index in [-0.39, 0.29) is 11.7 Å². The lowest BCUT2D eigenvalue weighted by atomic mass is 10.0. The van der Waals surface area contributed by atoms with Gasteiger partial charge in [-0.2, -0.15) is 0 Å². The molecule has 0 rings (SSSR count). The van der Waals surface area contributed by atoms with Gasteiger partial charge in [-0.05, 0) is 46.0 Å². The first kappa shape index (κ1) is 22.9. The van der Waals surface area contributed by atoms with E-state index >= 15 is 0 Å². The van der Waals surface area contributed by atoms with E-state index in [4.69, 9.17) is 0 Å². The van der Waals surface area contributed by atoms with Gasteiger partial charge in [-0.15, -0.1) is 0 Å². The standard InChI is InChI=1S/C21H39NO2/c1-4-5-6-11-14-19(2)15-12-9-7-8-10-13-16-21(24)22-18-17-20(3)23/h15H,4-14,16-18H2,1-3H3,(H,22,24)/b19-15-. The molecule has 0 unspecified atom stereocenters. The molecular weight excluding hydrogens is 298 g/mol. The summed E-state index contributed by atoms with van der Waals surface area (Å²) in [5.74, 6) is 0.207. The van der Waals surface area contributed by atoms with Crippen molar-refractivity contribution in [2.24, 2.45) is 0 Å². The van der Waals surface area contributed by atoms with Crippen molar-refractivity contribution in [1.82, 2.24) is 5.32 Å². The minimum absolute atomic E-state index is 0.0814. The molecule has 24 heavy (non-hydrogen) atoms. The average molecular weight is 338 g/mol. The Hall–Kier alpha value is -1.12. The molecule has 0 saturated heterocycles. The summed E-state index contributed by atoms with van der Waals surface area (Å²) in [6.07, 6.45) is 17.1. The zero-order chi connectivity index (χ0) is 18.0. The highest BCUT2D eigenvalue weighted by molar-refractivity contribution is 5.78. The molecule has 140 valence electrons. The van der Waals surface area contributed by atoms with Crippen LogP contribution in [0.1, 0.15) is 104 Å². The molecule has 3 heteroatoms. The minimum atomic E-state index is 0.0814. The predicted octanol–water partition coefficient (Wildman–Crippen LogP) is 5.73. The Labute approximate surface area is 149 Å². The van der Waals surface area contributed by atoms with Gasteiger partial charge in [0.25, 0.3) is 0 Å². The Morgan fingerprint density at radius 3 is 2.12 bits per heavy atom. The van der Waals surface area contributed by atoms with Crippen LogP contribution in [0, 0.1) is 0 Å². The van der Waals surface area contributed by atoms with Crippen molar-refractivity contribution >= 4 is 11.7 Å². The number of carbonyl (C=O) groups excluding carboxylic acids is 2. The van der Waals surface area contributed by atoms with Gasteiger partial charge in [0.15, 0.2) is 0 Å². The normalized spacial score (nSPS) is 11.5. The Morgan fingerprint density at radius 2 is 1.42 bits per heavy atom. The Bertz CT molecular complexity index is 361. The summed E-state index contributed by atoms with van der Waals surface area (Å²) in [4.78, 5) is 22.3. The summed E-state index contributed by atoms with van der Waals surface area (Å²) in [6, 6.07) is 0. The summed E-state index contributed by atoms with van der Waals surface area (Å²) >= 11 is 0. The van der Waals surface area contributed by atoms with Gasteiger partial charge >= 0.3 is 0 Å². The fraction of sp³-hybridized carbons (Fsp3) is 0.810. The molecule has 0 spiro atoms. The van der Waals surface area contributed by atoms with Crippen LogP contribution in [-0.2, 0) is 9.59 Å². The number of allylic oxidation sites excluding steroid dienone is 2. The Balaban J connectivity index is 3.38. The second kappa shape index (κ2) is 16.7. The molecule has 1 amide bonds. The van der Waals surface area contributed by atoms with Crippen LogP contribution in [0.2, 0.25) is 0 Å². The molecule has 0 saturated carbocycles. The molecule has 0 aliphatic rings. The lowest BCUT2D eigenvalue weighted by Crippen LogP contribution is -2.25. The van der Waals surface area contributed by atoms with Crippen molar-refractivity contribution in [2.45, 2.75) is 104 Å². The second-order valence-corrected chi connectivity index (χ2v) is 6.97. The van der Waals surface area contributed by atoms with E-state index < -0.39 is 0 Å². The van der Waals surface area contributed by atoms with Crippen LogP contribution < -0.4 is 5.32 Å². The first-order valence-corrected chi connectivity index (χ1v) is 9.98. The summed E-state index contributed by atoms with van der Waals surface area (Å²) < 4.78 is 0. The van der Waals surface area contributed by atoms with Crippen molar-refractivity contribution in [3.05, 3.63) is 11.6 Å². The summed E-state index contributed by atoms with van der Waals surface area (Å²) in [5, 5.41) is 2.79. The second-order valence-electron chi connectivity index (χ2n) is 6.97. The third-order valence-corrected chi connectivity index (χ3v) is 4.32. The van der Waals surface area contributed by atoms with Crippen LogP contribution in [0.25, 0.3) is 0 Å². The SMILES string of the molecule is CCCCCC/C(C)=C\CCCCCCCC(=O)NCCC(C)=O. The van der Waals surface area contributed by atoms with Crippen molar-refractivity contribution in [3.8, 4) is 0 Å². The third kappa shape index (κ3) is 17.2. The number of nitrogens with one attached hydrogen (secondary N) is 1. The fourth-order valence-electron chi connectivity index (χ4n) is 2.71. The topological polar surface area (TPSA) is 46.2 Å². The average Bonchev–Trinajstić information content (AvgIpc) is 2.53. The summed E-state index contributed by atoms with van der Waals surface area (Å²) in [7, 11) is 0. The number of rotatable bonds is 16. The lowest BCUT2D eigenvalue weighted by molar-refractivity contribution is -0.121. The number of carbonyl (C=O) groups is 2. The van der Waals surface area contributed by atoms with E-state index in [1.54, 1.807) is 12.5 Å². The molecule has 0 bridgehead atoms. The molecule has 3 nitrogen and oxygen atoms in total. The van der Waals surface area contributed by atoms with E-state index in [0.717, 1.165) is 12.8 Å². The molecule has 0 fully saturated rings. The van der Waals surface area contributed by atoms with Crippen LogP contribution in [-0.4, -0.2) is 18.2 Å². The molecule has 0 aliphatic heterocycles. The Morgan fingerprint density at radius 1 is 0.792 bits per heavy atom. The largest absolute Gasteiger partial charge is 0.356 e. The van der Waals surface area contributed by atoms with Crippen LogP contribution in [0.15, 0.2) is 11.6 Å². The van der Waals surface area contributed by atoms with Crippen LogP contribution >= 0.6 is 0 Å². The first-order chi connectivity index (χ1) is 11.6. The van der Waals surface area contributed by atoms with Gasteiger partial charge in [-0.3, -0.25) is 9.59 Å². The smallest absolute Gasteiger partial charge is 0.220 e. The van der Waals surface area contributed by atoms with Gasteiger partial charge in [-0.25, -0.2) is 0 Å². The number of ketones is 1. The number of hydrogen-bond donors (Lipinski definition) is 1. The zero-order valence-electron chi connectivity index (χ0n) is 16.3. The van der Waals surface area contributed by atoms with Gasteiger partial charge < -0.3 is 5.32 Å². The third-order valence-electron chi connectivity index (χ3n) is 4.32. The number of hydrogen-bond acceptors (Lipinski definition) is 2. The highest BCUT2D eigenvalue weighted by atomic mass is 16.1. The molecule has 0 aliphatic carbocycles. The van der Waals surface area contributed by atoms with Crippen LogP contribution in [0.4, 0.5) is 0 Å². The highest BCUT2D eigenvalue weighted by Gasteiger charge is 2.01. The van der Waals surface area contributed by atoms with E-state index in [0.29, 0.717) is 19.4 Å². The van der Waals surface area contributed by atoms with Gasteiger partial charge in [0.2, 0.25) is 5.91 Å². The van der Waals surface area contributed by atoms with Gasteiger partial charge in [0.05, 0.1) is 0 Å². The van der Waals surface area contributed by atoms with Gasteiger partial charge in [0.1, 0.15) is 5.78 Å². The van der Waals surface area contributed by atoms with E-state index in [1.165, 1.54) is 57.8 Å².